The fourth-order valence-corrected chi connectivity index (χ4v) is 5.32. The molecule has 2 heterocycles. The Bertz CT molecular complexity index is 1380. The molecule has 2 aliphatic heterocycles. The number of amides is 1. The Morgan fingerprint density at radius 2 is 1.62 bits per heavy atom. The highest BCUT2D eigenvalue weighted by molar-refractivity contribution is 6.46. The van der Waals surface area contributed by atoms with Crippen LogP contribution in [0.5, 0.6) is 17.2 Å². The summed E-state index contributed by atoms with van der Waals surface area (Å²) in [6.45, 7) is 6.95. The lowest BCUT2D eigenvalue weighted by Gasteiger charge is -2.29. The molecule has 3 aromatic carbocycles. The number of hydrogen-bond acceptors (Lipinski definition) is 7. The Morgan fingerprint density at radius 1 is 0.881 bits per heavy atom. The number of morpholine rings is 1. The summed E-state index contributed by atoms with van der Waals surface area (Å²) in [6, 6.07) is 23.0. The van der Waals surface area contributed by atoms with Crippen molar-refractivity contribution in [3.05, 3.63) is 95.6 Å². The second-order valence-electron chi connectivity index (χ2n) is 10.5. The molecule has 1 amide bonds. The van der Waals surface area contributed by atoms with Crippen LogP contribution < -0.4 is 9.47 Å². The van der Waals surface area contributed by atoms with Crippen molar-refractivity contribution >= 4 is 17.4 Å². The summed E-state index contributed by atoms with van der Waals surface area (Å²) in [5, 5.41) is 11.5. The van der Waals surface area contributed by atoms with Gasteiger partial charge in [-0.2, -0.15) is 0 Å². The number of ketones is 1. The minimum atomic E-state index is -0.755. The quantitative estimate of drug-likeness (QED) is 0.127. The minimum Gasteiger partial charge on any atom is -0.507 e. The maximum atomic E-state index is 13.5. The largest absolute Gasteiger partial charge is 0.507 e. The summed E-state index contributed by atoms with van der Waals surface area (Å²) >= 11 is 0. The molecular formula is C34H38N2O6. The first kappa shape index (κ1) is 29.4. The molecule has 0 aliphatic carbocycles. The van der Waals surface area contributed by atoms with Crippen LogP contribution >= 0.6 is 0 Å². The van der Waals surface area contributed by atoms with Gasteiger partial charge in [-0.05, 0) is 66.9 Å². The summed E-state index contributed by atoms with van der Waals surface area (Å²) in [5.74, 6) is 0.426. The lowest BCUT2D eigenvalue weighted by Crippen LogP contribution is -2.38. The number of aliphatic hydroxyl groups is 1. The lowest BCUT2D eigenvalue weighted by molar-refractivity contribution is -0.140. The van der Waals surface area contributed by atoms with Crippen LogP contribution in [0.3, 0.4) is 0 Å². The zero-order valence-corrected chi connectivity index (χ0v) is 24.0. The molecule has 42 heavy (non-hydrogen) atoms. The van der Waals surface area contributed by atoms with Crippen LogP contribution in [0.15, 0.2) is 84.4 Å². The summed E-state index contributed by atoms with van der Waals surface area (Å²) in [4.78, 5) is 30.8. The van der Waals surface area contributed by atoms with E-state index in [1.165, 1.54) is 0 Å². The van der Waals surface area contributed by atoms with Gasteiger partial charge in [0.2, 0.25) is 0 Å². The van der Waals surface area contributed by atoms with Gasteiger partial charge in [0.15, 0.2) is 0 Å². The smallest absolute Gasteiger partial charge is 0.295 e. The second kappa shape index (κ2) is 14.2. The van der Waals surface area contributed by atoms with Crippen molar-refractivity contribution in [2.75, 3.05) is 46.0 Å². The first-order chi connectivity index (χ1) is 20.5. The Morgan fingerprint density at radius 3 is 2.36 bits per heavy atom. The maximum Gasteiger partial charge on any atom is 0.295 e. The van der Waals surface area contributed by atoms with Crippen LogP contribution in [-0.4, -0.2) is 72.6 Å². The van der Waals surface area contributed by atoms with E-state index in [2.05, 4.69) is 11.8 Å². The number of Topliss-reactive ketones (excluding diaryl/α,β-unsaturated/α-hetero) is 1. The molecule has 1 atom stereocenters. The average Bonchev–Trinajstić information content (AvgIpc) is 3.27. The Hall–Kier alpha value is -4.14. The summed E-state index contributed by atoms with van der Waals surface area (Å²) in [7, 11) is 0. The van der Waals surface area contributed by atoms with Gasteiger partial charge in [-0.1, -0.05) is 43.7 Å². The molecule has 1 N–H and O–H groups in total. The molecule has 8 nitrogen and oxygen atoms in total. The van der Waals surface area contributed by atoms with Gasteiger partial charge >= 0.3 is 0 Å². The molecular weight excluding hydrogens is 532 g/mol. The van der Waals surface area contributed by atoms with E-state index in [-0.39, 0.29) is 11.3 Å². The third-order valence-electron chi connectivity index (χ3n) is 7.56. The summed E-state index contributed by atoms with van der Waals surface area (Å²) < 4.78 is 17.3. The maximum absolute atomic E-state index is 13.5. The van der Waals surface area contributed by atoms with Gasteiger partial charge in [-0.3, -0.25) is 14.5 Å². The summed E-state index contributed by atoms with van der Waals surface area (Å²) in [5.41, 5.74) is 1.21. The molecule has 5 rings (SSSR count). The van der Waals surface area contributed by atoms with Crippen molar-refractivity contribution in [3.63, 3.8) is 0 Å². The van der Waals surface area contributed by atoms with E-state index in [9.17, 15) is 14.7 Å². The number of carbonyl (C=O) groups is 2. The summed E-state index contributed by atoms with van der Waals surface area (Å²) in [6.07, 6.45) is 2.67. The third kappa shape index (κ3) is 7.01. The van der Waals surface area contributed by atoms with Crippen LogP contribution in [-0.2, 0) is 14.3 Å². The number of carbonyl (C=O) groups excluding carboxylic acids is 2. The van der Waals surface area contributed by atoms with Gasteiger partial charge in [0, 0.05) is 31.7 Å². The molecule has 0 aromatic heterocycles. The Kier molecular flexibility index (Phi) is 9.90. The predicted octanol–water partition coefficient (Wildman–Crippen LogP) is 5.80. The number of hydrogen-bond donors (Lipinski definition) is 1. The van der Waals surface area contributed by atoms with Gasteiger partial charge in [0.05, 0.1) is 31.4 Å². The van der Waals surface area contributed by atoms with E-state index in [0.29, 0.717) is 61.2 Å². The molecule has 2 saturated heterocycles. The van der Waals surface area contributed by atoms with Crippen molar-refractivity contribution in [1.29, 1.82) is 0 Å². The van der Waals surface area contributed by atoms with Gasteiger partial charge in [-0.15, -0.1) is 0 Å². The second-order valence-corrected chi connectivity index (χ2v) is 10.5. The highest BCUT2D eigenvalue weighted by atomic mass is 16.5. The first-order valence-corrected chi connectivity index (χ1v) is 14.7. The van der Waals surface area contributed by atoms with Gasteiger partial charge in [0.1, 0.15) is 23.0 Å². The van der Waals surface area contributed by atoms with E-state index in [1.54, 1.807) is 29.2 Å². The molecule has 2 fully saturated rings. The van der Waals surface area contributed by atoms with Crippen molar-refractivity contribution in [2.24, 2.45) is 0 Å². The fourth-order valence-electron chi connectivity index (χ4n) is 5.32. The molecule has 8 heteroatoms. The number of aliphatic hydroxyl groups excluding tert-OH is 1. The van der Waals surface area contributed by atoms with Crippen LogP contribution in [0.4, 0.5) is 0 Å². The Labute approximate surface area is 247 Å². The SMILES string of the molecule is CCCCOc1ccc(/C(O)=C2\C(=O)C(=O)N(CCCN3CCOCC3)C2c2cccc(Oc3ccccc3)c2)cc1. The van der Waals surface area contributed by atoms with Crippen molar-refractivity contribution in [1.82, 2.24) is 9.80 Å². The van der Waals surface area contributed by atoms with E-state index >= 15 is 0 Å². The van der Waals surface area contributed by atoms with Gasteiger partial charge in [-0.25, -0.2) is 0 Å². The predicted molar refractivity (Wildman–Crippen MR) is 161 cm³/mol. The number of likely N-dealkylation sites (tertiary alicyclic amines) is 1. The van der Waals surface area contributed by atoms with Gasteiger partial charge < -0.3 is 24.2 Å². The highest BCUT2D eigenvalue weighted by Gasteiger charge is 2.46. The van der Waals surface area contributed by atoms with Crippen LogP contribution in [0.25, 0.3) is 5.76 Å². The molecule has 0 radical (unpaired) electrons. The first-order valence-electron chi connectivity index (χ1n) is 14.7. The fraction of sp³-hybridized carbons (Fsp3) is 0.353. The van der Waals surface area contributed by atoms with Crippen molar-refractivity contribution in [3.8, 4) is 17.2 Å². The van der Waals surface area contributed by atoms with Crippen molar-refractivity contribution < 1.29 is 28.9 Å². The number of benzene rings is 3. The lowest BCUT2D eigenvalue weighted by atomic mass is 9.95. The number of rotatable bonds is 12. The standard InChI is InChI=1S/C34H38N2O6/c1-2-3-21-41-27-15-13-25(14-16-27)32(37)30-31(26-9-7-12-29(24-26)42-28-10-5-4-6-11-28)36(34(39)33(30)38)18-8-17-35-19-22-40-23-20-35/h4-7,9-16,24,31,37H,2-3,8,17-23H2,1H3/b32-30+. The van der Waals surface area contributed by atoms with E-state index in [1.807, 2.05) is 54.6 Å². The van der Waals surface area contributed by atoms with E-state index in [0.717, 1.165) is 32.5 Å². The normalized spacial score (nSPS) is 18.8. The number of ether oxygens (including phenoxy) is 3. The molecule has 0 saturated carbocycles. The van der Waals surface area contributed by atoms with Crippen molar-refractivity contribution in [2.45, 2.75) is 32.2 Å². The number of para-hydroxylation sites is 1. The highest BCUT2D eigenvalue weighted by Crippen LogP contribution is 2.41. The molecule has 220 valence electrons. The van der Waals surface area contributed by atoms with Crippen LogP contribution in [0.2, 0.25) is 0 Å². The zero-order chi connectivity index (χ0) is 29.3. The zero-order valence-electron chi connectivity index (χ0n) is 24.0. The average molecular weight is 571 g/mol. The third-order valence-corrected chi connectivity index (χ3v) is 7.56. The monoisotopic (exact) mass is 570 g/mol. The molecule has 0 spiro atoms. The van der Waals surface area contributed by atoms with Gasteiger partial charge in [0.25, 0.3) is 11.7 Å². The molecule has 1 unspecified atom stereocenters. The van der Waals surface area contributed by atoms with E-state index < -0.39 is 17.7 Å². The van der Waals surface area contributed by atoms with E-state index in [4.69, 9.17) is 14.2 Å². The topological polar surface area (TPSA) is 88.5 Å². The van der Waals surface area contributed by atoms with Crippen LogP contribution in [0, 0.1) is 0 Å². The molecule has 0 bridgehead atoms. The van der Waals surface area contributed by atoms with Crippen LogP contribution in [0.1, 0.15) is 43.4 Å². The molecule has 3 aromatic rings. The molecule has 2 aliphatic rings. The number of unbranched alkanes of at least 4 members (excludes halogenated alkanes) is 1. The number of nitrogens with zero attached hydrogens (tertiary/aromatic N) is 2. The minimum absolute atomic E-state index is 0.0721. The Balaban J connectivity index is 1.45.